The smallest absolute Gasteiger partial charge is 0.292 e. The van der Waals surface area contributed by atoms with Gasteiger partial charge in [0.15, 0.2) is 11.6 Å². The van der Waals surface area contributed by atoms with Crippen molar-refractivity contribution < 1.29 is 13.3 Å². The zero-order valence-electron chi connectivity index (χ0n) is 15.5. The minimum atomic E-state index is -0.895. The molecular formula is C18H17ClF2N6O2. The molecule has 0 radical (unpaired) electrons. The minimum Gasteiger partial charge on any atom is -0.366 e. The predicted molar refractivity (Wildman–Crippen MR) is 101 cm³/mol. The van der Waals surface area contributed by atoms with E-state index in [1.807, 2.05) is 4.90 Å². The normalized spacial score (nSPS) is 15.1. The van der Waals surface area contributed by atoms with E-state index in [4.69, 9.17) is 16.1 Å². The number of benzene rings is 1. The summed E-state index contributed by atoms with van der Waals surface area (Å²) in [5.74, 6) is -0.487. The molecule has 0 spiro atoms. The van der Waals surface area contributed by atoms with Gasteiger partial charge in [0.2, 0.25) is 5.89 Å². The fraction of sp³-hybridized carbons (Fsp3) is 0.333. The van der Waals surface area contributed by atoms with Crippen molar-refractivity contribution in [2.75, 3.05) is 31.1 Å². The van der Waals surface area contributed by atoms with Crippen LogP contribution in [0.15, 0.2) is 33.7 Å². The Hall–Kier alpha value is -2.85. The first-order valence-corrected chi connectivity index (χ1v) is 9.30. The maximum atomic E-state index is 14.0. The predicted octanol–water partition coefficient (Wildman–Crippen LogP) is 2.18. The first kappa shape index (κ1) is 19.5. The van der Waals surface area contributed by atoms with Crippen LogP contribution in [0.25, 0.3) is 5.69 Å². The third kappa shape index (κ3) is 3.99. The second-order valence-electron chi connectivity index (χ2n) is 6.65. The van der Waals surface area contributed by atoms with Crippen LogP contribution in [0.3, 0.4) is 0 Å². The molecule has 0 aliphatic carbocycles. The van der Waals surface area contributed by atoms with Gasteiger partial charge >= 0.3 is 0 Å². The highest BCUT2D eigenvalue weighted by Crippen LogP contribution is 2.24. The molecule has 0 N–H and O–H groups in total. The molecule has 1 aliphatic heterocycles. The van der Waals surface area contributed by atoms with E-state index in [1.54, 1.807) is 6.92 Å². The third-order valence-corrected chi connectivity index (χ3v) is 5.04. The molecule has 3 aromatic rings. The van der Waals surface area contributed by atoms with Crippen molar-refractivity contribution in [3.8, 4) is 5.69 Å². The highest BCUT2D eigenvalue weighted by molar-refractivity contribution is 6.33. The monoisotopic (exact) mass is 422 g/mol. The molecule has 2 aromatic heterocycles. The molecule has 8 nitrogen and oxygen atoms in total. The number of hydrogen-bond donors (Lipinski definition) is 0. The number of hydrogen-bond acceptors (Lipinski definition) is 7. The molecule has 0 atom stereocenters. The van der Waals surface area contributed by atoms with Crippen LogP contribution in [0.4, 0.5) is 14.5 Å². The zero-order valence-corrected chi connectivity index (χ0v) is 16.2. The molecule has 1 fully saturated rings. The topological polar surface area (TPSA) is 80.3 Å². The lowest BCUT2D eigenvalue weighted by molar-refractivity contribution is 0.240. The Balaban J connectivity index is 1.50. The van der Waals surface area contributed by atoms with Gasteiger partial charge < -0.3 is 9.42 Å². The Morgan fingerprint density at radius 2 is 1.93 bits per heavy atom. The average molecular weight is 423 g/mol. The fourth-order valence-corrected chi connectivity index (χ4v) is 3.47. The molecule has 3 heterocycles. The summed E-state index contributed by atoms with van der Waals surface area (Å²) in [4.78, 5) is 20.9. The number of anilines is 1. The molecule has 152 valence electrons. The summed E-state index contributed by atoms with van der Waals surface area (Å²) in [7, 11) is 0. The summed E-state index contributed by atoms with van der Waals surface area (Å²) in [6.07, 6.45) is 1.42. The van der Waals surface area contributed by atoms with Crippen molar-refractivity contribution in [3.63, 3.8) is 0 Å². The SMILES string of the molecule is Cc1nc(CN2CCN(c3cnn(-c4ccc(F)cc4F)c(=O)c3Cl)CC2)no1. The van der Waals surface area contributed by atoms with Crippen molar-refractivity contribution >= 4 is 17.3 Å². The lowest BCUT2D eigenvalue weighted by Crippen LogP contribution is -2.46. The summed E-state index contributed by atoms with van der Waals surface area (Å²) in [5, 5.41) is 7.86. The third-order valence-electron chi connectivity index (χ3n) is 4.69. The van der Waals surface area contributed by atoms with E-state index < -0.39 is 17.2 Å². The van der Waals surface area contributed by atoms with E-state index in [2.05, 4.69) is 20.1 Å². The number of nitrogens with zero attached hydrogens (tertiary/aromatic N) is 6. The first-order chi connectivity index (χ1) is 13.9. The molecule has 1 aromatic carbocycles. The van der Waals surface area contributed by atoms with Gasteiger partial charge in [-0.25, -0.2) is 8.78 Å². The van der Waals surface area contributed by atoms with Crippen LogP contribution < -0.4 is 10.5 Å². The van der Waals surface area contributed by atoms with Gasteiger partial charge in [-0.1, -0.05) is 16.8 Å². The van der Waals surface area contributed by atoms with Gasteiger partial charge in [-0.05, 0) is 12.1 Å². The first-order valence-electron chi connectivity index (χ1n) is 8.92. The summed E-state index contributed by atoms with van der Waals surface area (Å²) in [5.41, 5.74) is -0.352. The number of piperazine rings is 1. The second kappa shape index (κ2) is 7.88. The standard InChI is InChI=1S/C18H17ClF2N6O2/c1-11-23-16(24-29-11)10-25-4-6-26(7-5-25)15-9-22-27(18(28)17(15)19)14-3-2-12(20)8-13(14)21/h2-3,8-9H,4-7,10H2,1H3. The number of rotatable bonds is 4. The average Bonchev–Trinajstić information content (AvgIpc) is 3.10. The molecule has 0 amide bonds. The number of halogens is 3. The van der Waals surface area contributed by atoms with Crippen molar-refractivity contribution in [2.45, 2.75) is 13.5 Å². The van der Waals surface area contributed by atoms with Crippen LogP contribution in [0.5, 0.6) is 0 Å². The van der Waals surface area contributed by atoms with Crippen LogP contribution >= 0.6 is 11.6 Å². The highest BCUT2D eigenvalue weighted by atomic mass is 35.5. The molecule has 0 saturated carbocycles. The summed E-state index contributed by atoms with van der Waals surface area (Å²) in [6.45, 7) is 4.96. The fourth-order valence-electron chi connectivity index (χ4n) is 3.22. The van der Waals surface area contributed by atoms with E-state index in [-0.39, 0.29) is 10.7 Å². The van der Waals surface area contributed by atoms with Gasteiger partial charge in [-0.2, -0.15) is 14.8 Å². The van der Waals surface area contributed by atoms with Gasteiger partial charge in [0.1, 0.15) is 16.5 Å². The molecule has 29 heavy (non-hydrogen) atoms. The Kier molecular flexibility index (Phi) is 5.29. The summed E-state index contributed by atoms with van der Waals surface area (Å²) < 4.78 is 32.9. The van der Waals surface area contributed by atoms with Gasteiger partial charge in [0.25, 0.3) is 5.56 Å². The number of aryl methyl sites for hydroxylation is 1. The maximum absolute atomic E-state index is 14.0. The lowest BCUT2D eigenvalue weighted by Gasteiger charge is -2.35. The van der Waals surface area contributed by atoms with Crippen molar-refractivity contribution in [1.29, 1.82) is 0 Å². The minimum absolute atomic E-state index is 0.0639. The van der Waals surface area contributed by atoms with Gasteiger partial charge in [-0.3, -0.25) is 9.69 Å². The van der Waals surface area contributed by atoms with E-state index in [0.29, 0.717) is 56.2 Å². The molecule has 0 unspecified atom stereocenters. The van der Waals surface area contributed by atoms with E-state index >= 15 is 0 Å². The van der Waals surface area contributed by atoms with Crippen LogP contribution in [0.1, 0.15) is 11.7 Å². The molecular weight excluding hydrogens is 406 g/mol. The van der Waals surface area contributed by atoms with Crippen LogP contribution in [0.2, 0.25) is 5.02 Å². The molecule has 11 heteroatoms. The Morgan fingerprint density at radius 1 is 1.17 bits per heavy atom. The van der Waals surface area contributed by atoms with Gasteiger partial charge in [0.05, 0.1) is 18.4 Å². The van der Waals surface area contributed by atoms with Crippen molar-refractivity contribution in [1.82, 2.24) is 24.8 Å². The quantitative estimate of drug-likeness (QED) is 0.637. The maximum Gasteiger partial charge on any atom is 0.292 e. The number of aromatic nitrogens is 4. The van der Waals surface area contributed by atoms with Crippen LogP contribution in [-0.2, 0) is 6.54 Å². The molecule has 0 bridgehead atoms. The van der Waals surface area contributed by atoms with Crippen molar-refractivity contribution in [3.05, 3.63) is 63.1 Å². The summed E-state index contributed by atoms with van der Waals surface area (Å²) >= 11 is 6.28. The highest BCUT2D eigenvalue weighted by Gasteiger charge is 2.23. The van der Waals surface area contributed by atoms with Gasteiger partial charge in [-0.15, -0.1) is 0 Å². The summed E-state index contributed by atoms with van der Waals surface area (Å²) in [6, 6.07) is 2.89. The molecule has 1 saturated heterocycles. The van der Waals surface area contributed by atoms with E-state index in [1.165, 1.54) is 6.20 Å². The Bertz CT molecular complexity index is 1090. The molecule has 1 aliphatic rings. The van der Waals surface area contributed by atoms with E-state index in [9.17, 15) is 13.6 Å². The Morgan fingerprint density at radius 3 is 2.59 bits per heavy atom. The Labute approximate surface area is 169 Å². The second-order valence-corrected chi connectivity index (χ2v) is 7.03. The van der Waals surface area contributed by atoms with E-state index in [0.717, 1.165) is 16.8 Å². The van der Waals surface area contributed by atoms with Crippen molar-refractivity contribution in [2.24, 2.45) is 0 Å². The zero-order chi connectivity index (χ0) is 20.5. The van der Waals surface area contributed by atoms with Gasteiger partial charge in [0, 0.05) is 39.2 Å². The van der Waals surface area contributed by atoms with Crippen LogP contribution in [0, 0.1) is 18.6 Å². The molecule has 4 rings (SSSR count). The largest absolute Gasteiger partial charge is 0.366 e. The lowest BCUT2D eigenvalue weighted by atomic mass is 10.2. The van der Waals surface area contributed by atoms with Crippen LogP contribution in [-0.4, -0.2) is 51.0 Å².